The molecule has 0 aromatic heterocycles. The Morgan fingerprint density at radius 2 is 1.81 bits per heavy atom. The predicted molar refractivity (Wildman–Crippen MR) is 46.4 cm³/mol. The van der Waals surface area contributed by atoms with E-state index in [0.717, 1.165) is 4.90 Å². The van der Waals surface area contributed by atoms with E-state index in [4.69, 9.17) is 10.8 Å². The summed E-state index contributed by atoms with van der Waals surface area (Å²) in [4.78, 5) is 22.6. The number of carboxylic acid groups (broad SMARTS) is 1. The highest BCUT2D eigenvalue weighted by molar-refractivity contribution is 5.88. The van der Waals surface area contributed by atoms with Crippen molar-refractivity contribution in [2.45, 2.75) is 18.6 Å². The van der Waals surface area contributed by atoms with Gasteiger partial charge in [-0.15, -0.1) is 0 Å². The van der Waals surface area contributed by atoms with Crippen LogP contribution in [0.1, 0.15) is 6.92 Å². The van der Waals surface area contributed by atoms with Gasteiger partial charge in [0.2, 0.25) is 0 Å². The highest BCUT2D eigenvalue weighted by atomic mass is 19.4. The lowest BCUT2D eigenvalue weighted by molar-refractivity contribution is -0.197. The Bertz CT molecular complexity index is 321. The number of aliphatic carboxylic acids is 1. The zero-order chi connectivity index (χ0) is 12.7. The molecule has 1 aliphatic rings. The molecule has 0 aromatic carbocycles. The van der Waals surface area contributed by atoms with Crippen molar-refractivity contribution in [3.05, 3.63) is 0 Å². The van der Waals surface area contributed by atoms with Crippen LogP contribution in [0.15, 0.2) is 0 Å². The Hall–Kier alpha value is -1.31. The molecule has 1 saturated heterocycles. The Morgan fingerprint density at radius 1 is 1.38 bits per heavy atom. The first-order valence-corrected chi connectivity index (χ1v) is 4.45. The standard InChI is InChI=1S/C8H11F3N2O3/c1-7(12,8(9,10)11)6(16)13-2-4(3-13)5(14)15/h4H,2-3,12H2,1H3,(H,14,15). The summed E-state index contributed by atoms with van der Waals surface area (Å²) in [7, 11) is 0. The second-order valence-corrected chi connectivity index (χ2v) is 3.95. The molecule has 0 aliphatic carbocycles. The summed E-state index contributed by atoms with van der Waals surface area (Å²) in [6.45, 7) is 0.123. The average molecular weight is 240 g/mol. The molecule has 1 aliphatic heterocycles. The van der Waals surface area contributed by atoms with Gasteiger partial charge in [0.15, 0.2) is 5.54 Å². The molecule has 8 heteroatoms. The van der Waals surface area contributed by atoms with Crippen LogP contribution in [-0.2, 0) is 9.59 Å². The van der Waals surface area contributed by atoms with Gasteiger partial charge >= 0.3 is 12.1 Å². The first kappa shape index (κ1) is 12.8. The van der Waals surface area contributed by atoms with Crippen LogP contribution in [0, 0.1) is 5.92 Å². The smallest absolute Gasteiger partial charge is 0.415 e. The molecule has 3 N–H and O–H groups in total. The van der Waals surface area contributed by atoms with Crippen molar-refractivity contribution in [1.29, 1.82) is 0 Å². The van der Waals surface area contributed by atoms with E-state index in [9.17, 15) is 22.8 Å². The molecule has 0 radical (unpaired) electrons. The summed E-state index contributed by atoms with van der Waals surface area (Å²) in [6.07, 6.45) is -4.85. The van der Waals surface area contributed by atoms with Gasteiger partial charge in [0.1, 0.15) is 0 Å². The fourth-order valence-corrected chi connectivity index (χ4v) is 1.25. The van der Waals surface area contributed by atoms with Crippen LogP contribution >= 0.6 is 0 Å². The van der Waals surface area contributed by atoms with Crippen molar-refractivity contribution in [2.75, 3.05) is 13.1 Å². The number of hydrogen-bond donors (Lipinski definition) is 2. The molecular formula is C8H11F3N2O3. The maximum absolute atomic E-state index is 12.4. The summed E-state index contributed by atoms with van der Waals surface area (Å²) in [5.41, 5.74) is 1.94. The number of amides is 1. The van der Waals surface area contributed by atoms with E-state index in [1.165, 1.54) is 0 Å². The number of halogens is 3. The van der Waals surface area contributed by atoms with E-state index in [0.29, 0.717) is 6.92 Å². The van der Waals surface area contributed by atoms with Gasteiger partial charge in [-0.2, -0.15) is 13.2 Å². The molecule has 0 spiro atoms. The number of hydrogen-bond acceptors (Lipinski definition) is 3. The molecule has 1 fully saturated rings. The fourth-order valence-electron chi connectivity index (χ4n) is 1.25. The molecule has 1 rings (SSSR count). The van der Waals surface area contributed by atoms with Crippen molar-refractivity contribution >= 4 is 11.9 Å². The molecule has 1 heterocycles. The largest absolute Gasteiger partial charge is 0.481 e. The monoisotopic (exact) mass is 240 g/mol. The fraction of sp³-hybridized carbons (Fsp3) is 0.750. The van der Waals surface area contributed by atoms with Crippen molar-refractivity contribution in [3.8, 4) is 0 Å². The maximum atomic E-state index is 12.4. The molecular weight excluding hydrogens is 229 g/mol. The molecule has 16 heavy (non-hydrogen) atoms. The highest BCUT2D eigenvalue weighted by Gasteiger charge is 2.57. The minimum Gasteiger partial charge on any atom is -0.481 e. The summed E-state index contributed by atoms with van der Waals surface area (Å²) >= 11 is 0. The molecule has 5 nitrogen and oxygen atoms in total. The van der Waals surface area contributed by atoms with Gasteiger partial charge in [-0.3, -0.25) is 9.59 Å². The summed E-state index contributed by atoms with van der Waals surface area (Å²) < 4.78 is 37.1. The van der Waals surface area contributed by atoms with Crippen molar-refractivity contribution in [3.63, 3.8) is 0 Å². The Morgan fingerprint density at radius 3 is 2.12 bits per heavy atom. The third kappa shape index (κ3) is 1.97. The second-order valence-electron chi connectivity index (χ2n) is 3.95. The van der Waals surface area contributed by atoms with Crippen molar-refractivity contribution in [1.82, 2.24) is 4.90 Å². The molecule has 0 saturated carbocycles. The van der Waals surface area contributed by atoms with E-state index >= 15 is 0 Å². The molecule has 1 atom stereocenters. The Balaban J connectivity index is 2.65. The normalized spacial score (nSPS) is 21.2. The number of carbonyl (C=O) groups is 2. The van der Waals surface area contributed by atoms with Crippen LogP contribution in [0.25, 0.3) is 0 Å². The van der Waals surface area contributed by atoms with Crippen LogP contribution < -0.4 is 5.73 Å². The molecule has 0 bridgehead atoms. The summed E-state index contributed by atoms with van der Waals surface area (Å²) in [6, 6.07) is 0. The van der Waals surface area contributed by atoms with Crippen molar-refractivity contribution in [2.24, 2.45) is 11.7 Å². The first-order valence-electron chi connectivity index (χ1n) is 4.45. The van der Waals surface area contributed by atoms with Gasteiger partial charge in [-0.25, -0.2) is 0 Å². The number of carboxylic acids is 1. The van der Waals surface area contributed by atoms with Gasteiger partial charge in [-0.1, -0.05) is 0 Å². The number of alkyl halides is 3. The lowest BCUT2D eigenvalue weighted by atomic mass is 9.94. The van der Waals surface area contributed by atoms with Gasteiger partial charge in [-0.05, 0) is 6.92 Å². The number of nitrogens with two attached hydrogens (primary N) is 1. The van der Waals surface area contributed by atoms with Crippen LogP contribution in [0.5, 0.6) is 0 Å². The van der Waals surface area contributed by atoms with Crippen LogP contribution in [0.3, 0.4) is 0 Å². The van der Waals surface area contributed by atoms with Gasteiger partial charge in [0, 0.05) is 13.1 Å². The molecule has 1 unspecified atom stereocenters. The Labute approximate surface area is 89.0 Å². The average Bonchev–Trinajstić information content (AvgIpc) is 1.97. The maximum Gasteiger partial charge on any atom is 0.415 e. The van der Waals surface area contributed by atoms with Crippen molar-refractivity contribution < 1.29 is 27.9 Å². The summed E-state index contributed by atoms with van der Waals surface area (Å²) in [5, 5.41) is 8.50. The van der Waals surface area contributed by atoms with Crippen LogP contribution in [0.2, 0.25) is 0 Å². The summed E-state index contributed by atoms with van der Waals surface area (Å²) in [5.74, 6) is -3.22. The van der Waals surface area contributed by atoms with Crippen LogP contribution in [-0.4, -0.2) is 46.7 Å². The predicted octanol–water partition coefficient (Wildman–Crippen LogP) is -0.191. The zero-order valence-corrected chi connectivity index (χ0v) is 8.41. The second kappa shape index (κ2) is 3.62. The Kier molecular flexibility index (Phi) is 2.88. The number of nitrogens with zero attached hydrogens (tertiary/aromatic N) is 1. The van der Waals surface area contributed by atoms with E-state index in [-0.39, 0.29) is 13.1 Å². The number of carbonyl (C=O) groups excluding carboxylic acids is 1. The minimum atomic E-state index is -4.85. The van der Waals surface area contributed by atoms with E-state index in [1.807, 2.05) is 0 Å². The molecule has 92 valence electrons. The third-order valence-corrected chi connectivity index (χ3v) is 2.55. The quantitative estimate of drug-likeness (QED) is 0.700. The van der Waals surface area contributed by atoms with E-state index in [2.05, 4.69) is 0 Å². The SMILES string of the molecule is CC(N)(C(=O)N1CC(C(=O)O)C1)C(F)(F)F. The van der Waals surface area contributed by atoms with Crippen LogP contribution in [0.4, 0.5) is 13.2 Å². The lowest BCUT2D eigenvalue weighted by Crippen LogP contribution is -2.66. The third-order valence-electron chi connectivity index (χ3n) is 2.55. The number of likely N-dealkylation sites (tertiary alicyclic amines) is 1. The lowest BCUT2D eigenvalue weighted by Gasteiger charge is -2.41. The zero-order valence-electron chi connectivity index (χ0n) is 8.41. The number of rotatable bonds is 2. The molecule has 1 amide bonds. The topological polar surface area (TPSA) is 83.6 Å². The molecule has 0 aromatic rings. The minimum absolute atomic E-state index is 0.225. The first-order chi connectivity index (χ1) is 7.07. The highest BCUT2D eigenvalue weighted by Crippen LogP contribution is 2.31. The van der Waals surface area contributed by atoms with Gasteiger partial charge < -0.3 is 15.7 Å². The van der Waals surface area contributed by atoms with Gasteiger partial charge in [0.05, 0.1) is 5.92 Å². The van der Waals surface area contributed by atoms with Gasteiger partial charge in [0.25, 0.3) is 5.91 Å². The van der Waals surface area contributed by atoms with E-state index in [1.54, 1.807) is 0 Å². The van der Waals surface area contributed by atoms with E-state index < -0.39 is 29.5 Å².